The number of carboxylic acid groups (broad SMARTS) is 1. The third kappa shape index (κ3) is 5.78. The van der Waals surface area contributed by atoms with Gasteiger partial charge in [0.05, 0.1) is 12.2 Å². The molecule has 0 aliphatic carbocycles. The van der Waals surface area contributed by atoms with Crippen molar-refractivity contribution in [2.24, 2.45) is 0 Å². The van der Waals surface area contributed by atoms with Gasteiger partial charge < -0.3 is 15.2 Å². The first-order chi connectivity index (χ1) is 11.6. The SMILES string of the molecule is CCCC(CCOc1ccc(C(=O)O)cc1)Nc1ccc(Cl)cc1. The van der Waals surface area contributed by atoms with Crippen LogP contribution in [-0.2, 0) is 0 Å². The molecule has 0 aromatic heterocycles. The van der Waals surface area contributed by atoms with Crippen LogP contribution in [0.1, 0.15) is 36.5 Å². The number of carbonyl (C=O) groups is 1. The van der Waals surface area contributed by atoms with Crippen LogP contribution in [0.5, 0.6) is 5.75 Å². The van der Waals surface area contributed by atoms with E-state index < -0.39 is 5.97 Å². The highest BCUT2D eigenvalue weighted by atomic mass is 35.5. The van der Waals surface area contributed by atoms with Crippen molar-refractivity contribution in [1.82, 2.24) is 0 Å². The lowest BCUT2D eigenvalue weighted by molar-refractivity contribution is 0.0697. The molecule has 2 aromatic rings. The number of hydrogen-bond donors (Lipinski definition) is 2. The van der Waals surface area contributed by atoms with Crippen LogP contribution >= 0.6 is 11.6 Å². The Kier molecular flexibility index (Phi) is 6.94. The summed E-state index contributed by atoms with van der Waals surface area (Å²) in [5, 5.41) is 13.1. The minimum absolute atomic E-state index is 0.260. The van der Waals surface area contributed by atoms with E-state index in [2.05, 4.69) is 12.2 Å². The summed E-state index contributed by atoms with van der Waals surface area (Å²) in [4.78, 5) is 10.8. The molecule has 0 bridgehead atoms. The Morgan fingerprint density at radius 1 is 1.12 bits per heavy atom. The Labute approximate surface area is 147 Å². The van der Waals surface area contributed by atoms with Gasteiger partial charge in [0.25, 0.3) is 0 Å². The molecule has 0 saturated carbocycles. The van der Waals surface area contributed by atoms with Crippen molar-refractivity contribution in [3.8, 4) is 5.75 Å². The van der Waals surface area contributed by atoms with E-state index >= 15 is 0 Å². The highest BCUT2D eigenvalue weighted by Crippen LogP contribution is 2.18. The van der Waals surface area contributed by atoms with Gasteiger partial charge in [0.15, 0.2) is 0 Å². The summed E-state index contributed by atoms with van der Waals surface area (Å²) in [5.41, 5.74) is 1.30. The molecule has 2 aromatic carbocycles. The number of rotatable bonds is 9. The maximum absolute atomic E-state index is 10.8. The van der Waals surface area contributed by atoms with Crippen molar-refractivity contribution < 1.29 is 14.6 Å². The average molecular weight is 348 g/mol. The second kappa shape index (κ2) is 9.18. The maximum Gasteiger partial charge on any atom is 0.335 e. The van der Waals surface area contributed by atoms with Gasteiger partial charge in [-0.1, -0.05) is 24.9 Å². The molecule has 0 fully saturated rings. The lowest BCUT2D eigenvalue weighted by atomic mass is 10.1. The summed E-state index contributed by atoms with van der Waals surface area (Å²) in [5.74, 6) is -0.251. The van der Waals surface area contributed by atoms with Crippen LogP contribution in [-0.4, -0.2) is 23.7 Å². The number of benzene rings is 2. The van der Waals surface area contributed by atoms with E-state index in [1.807, 2.05) is 24.3 Å². The molecule has 0 amide bonds. The number of anilines is 1. The van der Waals surface area contributed by atoms with Crippen LogP contribution in [0.3, 0.4) is 0 Å². The minimum atomic E-state index is -0.934. The van der Waals surface area contributed by atoms with Crippen molar-refractivity contribution in [3.63, 3.8) is 0 Å². The van der Waals surface area contributed by atoms with E-state index in [-0.39, 0.29) is 5.56 Å². The van der Waals surface area contributed by atoms with Crippen molar-refractivity contribution in [3.05, 3.63) is 59.1 Å². The van der Waals surface area contributed by atoms with Crippen LogP contribution in [0.2, 0.25) is 5.02 Å². The fourth-order valence-electron chi connectivity index (χ4n) is 2.43. The fraction of sp³-hybridized carbons (Fsp3) is 0.316. The molecular formula is C19H22ClNO3. The third-order valence-corrected chi connectivity index (χ3v) is 3.94. The summed E-state index contributed by atoms with van der Waals surface area (Å²) in [6.45, 7) is 2.72. The Balaban J connectivity index is 1.84. The highest BCUT2D eigenvalue weighted by Gasteiger charge is 2.09. The predicted molar refractivity (Wildman–Crippen MR) is 97.3 cm³/mol. The predicted octanol–water partition coefficient (Wildman–Crippen LogP) is 5.09. The van der Waals surface area contributed by atoms with E-state index in [1.165, 1.54) is 0 Å². The summed E-state index contributed by atoms with van der Waals surface area (Å²) in [6, 6.07) is 14.5. The fourth-order valence-corrected chi connectivity index (χ4v) is 2.56. The first kappa shape index (κ1) is 18.1. The molecule has 1 atom stereocenters. The zero-order valence-electron chi connectivity index (χ0n) is 13.7. The second-order valence-electron chi connectivity index (χ2n) is 5.60. The number of carboxylic acids is 1. The first-order valence-corrected chi connectivity index (χ1v) is 8.44. The lowest BCUT2D eigenvalue weighted by Gasteiger charge is -2.19. The molecule has 0 aliphatic heterocycles. The van der Waals surface area contributed by atoms with Gasteiger partial charge in [-0.05, 0) is 55.0 Å². The van der Waals surface area contributed by atoms with Gasteiger partial charge in [0.1, 0.15) is 5.75 Å². The van der Waals surface area contributed by atoms with Gasteiger partial charge >= 0.3 is 5.97 Å². The van der Waals surface area contributed by atoms with Gasteiger partial charge in [-0.15, -0.1) is 0 Å². The first-order valence-electron chi connectivity index (χ1n) is 8.06. The number of nitrogens with one attached hydrogen (secondary N) is 1. The van der Waals surface area contributed by atoms with Gasteiger partial charge in [0, 0.05) is 23.2 Å². The largest absolute Gasteiger partial charge is 0.494 e. The number of hydrogen-bond acceptors (Lipinski definition) is 3. The monoisotopic (exact) mass is 347 g/mol. The van der Waals surface area contributed by atoms with E-state index in [4.69, 9.17) is 21.4 Å². The lowest BCUT2D eigenvalue weighted by Crippen LogP contribution is -2.22. The van der Waals surface area contributed by atoms with E-state index in [0.717, 1.165) is 30.0 Å². The number of aromatic carboxylic acids is 1. The van der Waals surface area contributed by atoms with Gasteiger partial charge in [-0.3, -0.25) is 0 Å². The molecule has 24 heavy (non-hydrogen) atoms. The Hall–Kier alpha value is -2.20. The van der Waals surface area contributed by atoms with E-state index in [0.29, 0.717) is 18.4 Å². The van der Waals surface area contributed by atoms with E-state index in [9.17, 15) is 4.79 Å². The Morgan fingerprint density at radius 3 is 2.38 bits per heavy atom. The molecular weight excluding hydrogens is 326 g/mol. The van der Waals surface area contributed by atoms with Crippen LogP contribution in [0, 0.1) is 0 Å². The molecule has 0 saturated heterocycles. The summed E-state index contributed by atoms with van der Waals surface area (Å²) < 4.78 is 5.72. The third-order valence-electron chi connectivity index (χ3n) is 3.69. The second-order valence-corrected chi connectivity index (χ2v) is 6.04. The molecule has 1 unspecified atom stereocenters. The van der Waals surface area contributed by atoms with Crippen molar-refractivity contribution in [2.45, 2.75) is 32.2 Å². The van der Waals surface area contributed by atoms with Gasteiger partial charge in [0.2, 0.25) is 0 Å². The molecule has 128 valence electrons. The standard InChI is InChI=1S/C19H22ClNO3/c1-2-3-16(21-17-8-6-15(20)7-9-17)12-13-24-18-10-4-14(5-11-18)19(22)23/h4-11,16,21H,2-3,12-13H2,1H3,(H,22,23). The molecule has 0 aliphatic rings. The molecule has 2 rings (SSSR count). The van der Waals surface area contributed by atoms with Crippen LogP contribution in [0.25, 0.3) is 0 Å². The van der Waals surface area contributed by atoms with Crippen molar-refractivity contribution >= 4 is 23.3 Å². The quantitative estimate of drug-likeness (QED) is 0.663. The Bertz CT molecular complexity index is 641. The number of ether oxygens (including phenoxy) is 1. The van der Waals surface area contributed by atoms with Gasteiger partial charge in [-0.2, -0.15) is 0 Å². The molecule has 2 N–H and O–H groups in total. The van der Waals surface area contributed by atoms with Crippen molar-refractivity contribution in [2.75, 3.05) is 11.9 Å². The van der Waals surface area contributed by atoms with Crippen molar-refractivity contribution in [1.29, 1.82) is 0 Å². The van der Waals surface area contributed by atoms with Crippen LogP contribution in [0.4, 0.5) is 5.69 Å². The average Bonchev–Trinajstić information content (AvgIpc) is 2.57. The summed E-state index contributed by atoms with van der Waals surface area (Å²) in [7, 11) is 0. The normalized spacial score (nSPS) is 11.8. The Morgan fingerprint density at radius 2 is 1.79 bits per heavy atom. The molecule has 5 heteroatoms. The smallest absolute Gasteiger partial charge is 0.335 e. The van der Waals surface area contributed by atoms with Crippen LogP contribution < -0.4 is 10.1 Å². The summed E-state index contributed by atoms with van der Waals surface area (Å²) >= 11 is 5.91. The van der Waals surface area contributed by atoms with Crippen LogP contribution in [0.15, 0.2) is 48.5 Å². The zero-order chi connectivity index (χ0) is 17.4. The topological polar surface area (TPSA) is 58.6 Å². The molecule has 0 radical (unpaired) electrons. The molecule has 0 spiro atoms. The maximum atomic E-state index is 10.8. The summed E-state index contributed by atoms with van der Waals surface area (Å²) in [6.07, 6.45) is 2.99. The molecule has 0 heterocycles. The van der Waals surface area contributed by atoms with Gasteiger partial charge in [-0.25, -0.2) is 4.79 Å². The zero-order valence-corrected chi connectivity index (χ0v) is 14.4. The molecule has 4 nitrogen and oxygen atoms in total. The van der Waals surface area contributed by atoms with E-state index in [1.54, 1.807) is 24.3 Å². The number of halogens is 1. The highest BCUT2D eigenvalue weighted by molar-refractivity contribution is 6.30. The minimum Gasteiger partial charge on any atom is -0.494 e.